The zero-order valence-electron chi connectivity index (χ0n) is 12.5. The molecule has 0 spiro atoms. The molecule has 0 radical (unpaired) electrons. The molecule has 0 bridgehead atoms. The molecule has 0 saturated carbocycles. The van der Waals surface area contributed by atoms with Crippen LogP contribution in [0.1, 0.15) is 58.6 Å². The maximum absolute atomic E-state index is 6.14. The van der Waals surface area contributed by atoms with E-state index in [0.717, 1.165) is 36.0 Å². The maximum atomic E-state index is 6.14. The van der Waals surface area contributed by atoms with Crippen LogP contribution < -0.4 is 10.1 Å². The molecule has 1 rings (SSSR count). The van der Waals surface area contributed by atoms with E-state index in [-0.39, 0.29) is 0 Å². The van der Waals surface area contributed by atoms with Gasteiger partial charge in [-0.25, -0.2) is 0 Å². The Morgan fingerprint density at radius 3 is 2.47 bits per heavy atom. The molecule has 19 heavy (non-hydrogen) atoms. The van der Waals surface area contributed by atoms with Crippen molar-refractivity contribution in [1.82, 2.24) is 5.32 Å². The van der Waals surface area contributed by atoms with E-state index in [1.165, 1.54) is 5.56 Å². The third kappa shape index (κ3) is 5.15. The first-order chi connectivity index (χ1) is 9.12. The number of hydrogen-bond acceptors (Lipinski definition) is 2. The van der Waals surface area contributed by atoms with Crippen molar-refractivity contribution in [2.24, 2.45) is 0 Å². The third-order valence-electron chi connectivity index (χ3n) is 3.34. The fraction of sp³-hybridized carbons (Fsp3) is 0.625. The lowest BCUT2D eigenvalue weighted by molar-refractivity contribution is 0.189. The van der Waals surface area contributed by atoms with Crippen LogP contribution in [0.25, 0.3) is 0 Å². The van der Waals surface area contributed by atoms with E-state index in [2.05, 4.69) is 61.1 Å². The van der Waals surface area contributed by atoms with Gasteiger partial charge in [-0.15, -0.1) is 0 Å². The van der Waals surface area contributed by atoms with E-state index in [1.807, 2.05) is 6.07 Å². The maximum Gasteiger partial charge on any atom is 0.124 e. The predicted octanol–water partition coefficient (Wildman–Crippen LogP) is 5.08. The number of hydrogen-bond donors (Lipinski definition) is 1. The Hall–Kier alpha value is -0.540. The summed E-state index contributed by atoms with van der Waals surface area (Å²) in [5.74, 6) is 1.01. The van der Waals surface area contributed by atoms with Gasteiger partial charge in [-0.05, 0) is 50.9 Å². The van der Waals surface area contributed by atoms with Crippen molar-refractivity contribution in [2.75, 3.05) is 6.54 Å². The Labute approximate surface area is 126 Å². The van der Waals surface area contributed by atoms with Crippen molar-refractivity contribution in [1.29, 1.82) is 0 Å². The number of halogens is 1. The van der Waals surface area contributed by atoms with E-state index >= 15 is 0 Å². The number of ether oxygens (including phenoxy) is 1. The largest absolute Gasteiger partial charge is 0.490 e. The van der Waals surface area contributed by atoms with Gasteiger partial charge < -0.3 is 10.1 Å². The van der Waals surface area contributed by atoms with Crippen LogP contribution in [0, 0.1) is 0 Å². The molecule has 1 N–H and O–H groups in total. The van der Waals surface area contributed by atoms with Crippen molar-refractivity contribution >= 4 is 15.9 Å². The van der Waals surface area contributed by atoms with E-state index in [4.69, 9.17) is 4.74 Å². The van der Waals surface area contributed by atoms with E-state index in [1.54, 1.807) is 0 Å². The molecule has 1 aromatic rings. The molecular formula is C16H26BrNO. The quantitative estimate of drug-likeness (QED) is 0.719. The van der Waals surface area contributed by atoms with Crippen molar-refractivity contribution in [3.63, 3.8) is 0 Å². The Bertz CT molecular complexity index is 377. The first-order valence-corrected chi connectivity index (χ1v) is 8.11. The van der Waals surface area contributed by atoms with Gasteiger partial charge in [-0.1, -0.05) is 36.7 Å². The molecule has 0 aromatic heterocycles. The van der Waals surface area contributed by atoms with Gasteiger partial charge in [0.1, 0.15) is 5.75 Å². The molecule has 1 unspecified atom stereocenters. The van der Waals surface area contributed by atoms with Gasteiger partial charge in [0.25, 0.3) is 0 Å². The Kier molecular flexibility index (Phi) is 7.47. The van der Waals surface area contributed by atoms with E-state index in [0.29, 0.717) is 12.1 Å². The molecule has 0 saturated heterocycles. The summed E-state index contributed by atoms with van der Waals surface area (Å²) in [4.78, 5) is 0. The van der Waals surface area contributed by atoms with E-state index < -0.39 is 0 Å². The summed E-state index contributed by atoms with van der Waals surface area (Å²) in [6, 6.07) is 6.59. The first kappa shape index (κ1) is 16.5. The molecule has 0 amide bonds. The van der Waals surface area contributed by atoms with Gasteiger partial charge >= 0.3 is 0 Å². The number of nitrogens with one attached hydrogen (secondary N) is 1. The minimum atomic E-state index is 0.304. The predicted molar refractivity (Wildman–Crippen MR) is 85.8 cm³/mol. The highest BCUT2D eigenvalue weighted by molar-refractivity contribution is 9.10. The summed E-state index contributed by atoms with van der Waals surface area (Å²) in [5, 5.41) is 3.52. The average molecular weight is 328 g/mol. The lowest BCUT2D eigenvalue weighted by Crippen LogP contribution is -2.21. The van der Waals surface area contributed by atoms with Gasteiger partial charge in [-0.2, -0.15) is 0 Å². The van der Waals surface area contributed by atoms with Crippen LogP contribution in [-0.2, 0) is 0 Å². The Morgan fingerprint density at radius 2 is 1.89 bits per heavy atom. The zero-order valence-corrected chi connectivity index (χ0v) is 14.1. The van der Waals surface area contributed by atoms with Gasteiger partial charge in [0, 0.05) is 16.1 Å². The van der Waals surface area contributed by atoms with Crippen LogP contribution in [-0.4, -0.2) is 12.6 Å². The summed E-state index contributed by atoms with van der Waals surface area (Å²) in [6.45, 7) is 9.74. The lowest BCUT2D eigenvalue weighted by atomic mass is 10.1. The highest BCUT2D eigenvalue weighted by Gasteiger charge is 2.14. The normalized spacial score (nSPS) is 12.7. The minimum absolute atomic E-state index is 0.304. The van der Waals surface area contributed by atoms with Gasteiger partial charge in [0.15, 0.2) is 0 Å². The number of benzene rings is 1. The molecule has 3 heteroatoms. The molecule has 1 aromatic carbocycles. The molecule has 1 atom stereocenters. The van der Waals surface area contributed by atoms with Crippen LogP contribution in [0.2, 0.25) is 0 Å². The summed E-state index contributed by atoms with van der Waals surface area (Å²) in [7, 11) is 0. The highest BCUT2D eigenvalue weighted by atomic mass is 79.9. The standard InChI is InChI=1S/C16H26BrNO/c1-5-10-18-12(4)15-11-13(17)8-9-16(15)19-14(6-2)7-3/h8-9,11-12,14,18H,5-7,10H2,1-4H3. The van der Waals surface area contributed by atoms with E-state index in [9.17, 15) is 0 Å². The zero-order chi connectivity index (χ0) is 14.3. The molecule has 0 fully saturated rings. The smallest absolute Gasteiger partial charge is 0.124 e. The number of rotatable bonds is 8. The second-order valence-electron chi connectivity index (χ2n) is 4.91. The summed E-state index contributed by atoms with van der Waals surface area (Å²) < 4.78 is 7.24. The Morgan fingerprint density at radius 1 is 1.21 bits per heavy atom. The molecule has 0 aliphatic heterocycles. The first-order valence-electron chi connectivity index (χ1n) is 7.31. The van der Waals surface area contributed by atoms with Crippen molar-refractivity contribution in [2.45, 2.75) is 59.1 Å². The second kappa shape index (κ2) is 8.60. The summed E-state index contributed by atoms with van der Waals surface area (Å²) in [5.41, 5.74) is 1.23. The molecule has 2 nitrogen and oxygen atoms in total. The average Bonchev–Trinajstić information content (AvgIpc) is 2.43. The van der Waals surface area contributed by atoms with Crippen LogP contribution in [0.4, 0.5) is 0 Å². The van der Waals surface area contributed by atoms with Gasteiger partial charge in [0.05, 0.1) is 6.10 Å². The van der Waals surface area contributed by atoms with Crippen molar-refractivity contribution in [3.05, 3.63) is 28.2 Å². The molecule has 0 heterocycles. The van der Waals surface area contributed by atoms with Gasteiger partial charge in [-0.3, -0.25) is 0 Å². The summed E-state index contributed by atoms with van der Waals surface area (Å²) >= 11 is 3.55. The molecular weight excluding hydrogens is 302 g/mol. The monoisotopic (exact) mass is 327 g/mol. The van der Waals surface area contributed by atoms with Crippen LogP contribution in [0.5, 0.6) is 5.75 Å². The van der Waals surface area contributed by atoms with Crippen LogP contribution in [0.15, 0.2) is 22.7 Å². The van der Waals surface area contributed by atoms with Crippen LogP contribution >= 0.6 is 15.9 Å². The minimum Gasteiger partial charge on any atom is -0.490 e. The topological polar surface area (TPSA) is 21.3 Å². The SMILES string of the molecule is CCCNC(C)c1cc(Br)ccc1OC(CC)CC. The Balaban J connectivity index is 2.90. The van der Waals surface area contributed by atoms with Crippen molar-refractivity contribution < 1.29 is 4.74 Å². The van der Waals surface area contributed by atoms with Crippen molar-refractivity contribution in [3.8, 4) is 5.75 Å². The molecule has 108 valence electrons. The molecule has 0 aliphatic rings. The second-order valence-corrected chi connectivity index (χ2v) is 5.83. The fourth-order valence-electron chi connectivity index (χ4n) is 2.07. The fourth-order valence-corrected chi connectivity index (χ4v) is 2.45. The summed E-state index contributed by atoms with van der Waals surface area (Å²) in [6.07, 6.45) is 3.53. The van der Waals surface area contributed by atoms with Crippen LogP contribution in [0.3, 0.4) is 0 Å². The van der Waals surface area contributed by atoms with Gasteiger partial charge in [0.2, 0.25) is 0 Å². The molecule has 0 aliphatic carbocycles. The third-order valence-corrected chi connectivity index (χ3v) is 3.84. The highest BCUT2D eigenvalue weighted by Crippen LogP contribution is 2.30. The lowest BCUT2D eigenvalue weighted by Gasteiger charge is -2.22.